The molecular formula is C24H31ClN6O2. The zero-order chi connectivity index (χ0) is 23.5. The molecule has 33 heavy (non-hydrogen) atoms. The van der Waals surface area contributed by atoms with E-state index in [2.05, 4.69) is 40.9 Å². The summed E-state index contributed by atoms with van der Waals surface area (Å²) in [6.45, 7) is 12.8. The van der Waals surface area contributed by atoms with E-state index < -0.39 is 0 Å². The Balaban J connectivity index is 1.30. The SMILES string of the molecule is Cc1nn(CC(C)C)c(C)c1CC(=O)N1CCN(Cc2nc(-c3ccc(Cl)cc3)no2)CC1. The molecule has 9 heteroatoms. The van der Waals surface area contributed by atoms with Gasteiger partial charge in [0.2, 0.25) is 17.6 Å². The van der Waals surface area contributed by atoms with Crippen molar-refractivity contribution in [2.75, 3.05) is 26.2 Å². The summed E-state index contributed by atoms with van der Waals surface area (Å²) in [5.41, 5.74) is 3.98. The summed E-state index contributed by atoms with van der Waals surface area (Å²) >= 11 is 5.94. The Kier molecular flexibility index (Phi) is 7.14. The van der Waals surface area contributed by atoms with Crippen LogP contribution in [0.4, 0.5) is 0 Å². The predicted octanol–water partition coefficient (Wildman–Crippen LogP) is 3.75. The summed E-state index contributed by atoms with van der Waals surface area (Å²) < 4.78 is 7.47. The third-order valence-corrected chi connectivity index (χ3v) is 6.30. The van der Waals surface area contributed by atoms with Crippen molar-refractivity contribution in [3.05, 3.63) is 52.1 Å². The summed E-state index contributed by atoms with van der Waals surface area (Å²) in [6.07, 6.45) is 0.407. The molecule has 0 unspecified atom stereocenters. The Morgan fingerprint density at radius 2 is 1.82 bits per heavy atom. The van der Waals surface area contributed by atoms with Crippen LogP contribution in [0.15, 0.2) is 28.8 Å². The quantitative estimate of drug-likeness (QED) is 0.523. The van der Waals surface area contributed by atoms with Crippen LogP contribution >= 0.6 is 11.6 Å². The van der Waals surface area contributed by atoms with E-state index in [0.717, 1.165) is 42.1 Å². The van der Waals surface area contributed by atoms with Crippen LogP contribution in [0.2, 0.25) is 5.02 Å². The van der Waals surface area contributed by atoms with Crippen LogP contribution in [0.1, 0.15) is 36.7 Å². The van der Waals surface area contributed by atoms with Crippen LogP contribution in [0.3, 0.4) is 0 Å². The van der Waals surface area contributed by atoms with Crippen molar-refractivity contribution in [3.8, 4) is 11.4 Å². The topological polar surface area (TPSA) is 80.3 Å². The number of rotatable bonds is 7. The van der Waals surface area contributed by atoms with Crippen LogP contribution in [0.25, 0.3) is 11.4 Å². The van der Waals surface area contributed by atoms with Crippen molar-refractivity contribution in [2.24, 2.45) is 5.92 Å². The highest BCUT2D eigenvalue weighted by Gasteiger charge is 2.24. The molecule has 1 saturated heterocycles. The highest BCUT2D eigenvalue weighted by atomic mass is 35.5. The molecule has 176 valence electrons. The average Bonchev–Trinajstić information content (AvgIpc) is 3.34. The first-order chi connectivity index (χ1) is 15.8. The second-order valence-electron chi connectivity index (χ2n) is 9.08. The summed E-state index contributed by atoms with van der Waals surface area (Å²) in [7, 11) is 0. The zero-order valence-electron chi connectivity index (χ0n) is 19.7. The van der Waals surface area contributed by atoms with Gasteiger partial charge in [-0.1, -0.05) is 30.6 Å². The molecule has 0 atom stereocenters. The molecule has 0 aliphatic carbocycles. The standard InChI is InChI=1S/C24H31ClN6O2/c1-16(2)14-31-18(4)21(17(3)27-31)13-23(32)30-11-9-29(10-12-30)15-22-26-24(28-33-22)19-5-7-20(25)8-6-19/h5-8,16H,9-15H2,1-4H3. The number of carbonyl (C=O) groups is 1. The predicted molar refractivity (Wildman–Crippen MR) is 127 cm³/mol. The van der Waals surface area contributed by atoms with Gasteiger partial charge in [-0.2, -0.15) is 10.1 Å². The second-order valence-corrected chi connectivity index (χ2v) is 9.51. The molecule has 1 aliphatic heterocycles. The first-order valence-electron chi connectivity index (χ1n) is 11.4. The number of aromatic nitrogens is 4. The minimum Gasteiger partial charge on any atom is -0.340 e. The third-order valence-electron chi connectivity index (χ3n) is 6.05. The van der Waals surface area contributed by atoms with Crippen LogP contribution in [0, 0.1) is 19.8 Å². The lowest BCUT2D eigenvalue weighted by Gasteiger charge is -2.34. The van der Waals surface area contributed by atoms with E-state index in [1.165, 1.54) is 0 Å². The Labute approximate surface area is 199 Å². The normalized spacial score (nSPS) is 14.9. The van der Waals surface area contributed by atoms with Crippen molar-refractivity contribution in [1.82, 2.24) is 29.7 Å². The first-order valence-corrected chi connectivity index (χ1v) is 11.8. The van der Waals surface area contributed by atoms with E-state index in [1.54, 1.807) is 0 Å². The lowest BCUT2D eigenvalue weighted by molar-refractivity contribution is -0.132. The molecule has 0 spiro atoms. The fourth-order valence-corrected chi connectivity index (χ4v) is 4.28. The number of aryl methyl sites for hydroxylation is 1. The van der Waals surface area contributed by atoms with E-state index in [4.69, 9.17) is 16.1 Å². The van der Waals surface area contributed by atoms with Gasteiger partial charge in [0.05, 0.1) is 18.7 Å². The maximum Gasteiger partial charge on any atom is 0.241 e. The van der Waals surface area contributed by atoms with Gasteiger partial charge < -0.3 is 9.42 Å². The molecular weight excluding hydrogens is 440 g/mol. The molecule has 1 aromatic carbocycles. The molecule has 1 aliphatic rings. The first kappa shape index (κ1) is 23.4. The number of hydrogen-bond acceptors (Lipinski definition) is 6. The van der Waals surface area contributed by atoms with Crippen LogP contribution < -0.4 is 0 Å². The van der Waals surface area contributed by atoms with E-state index in [-0.39, 0.29) is 5.91 Å². The van der Waals surface area contributed by atoms with E-state index in [9.17, 15) is 4.79 Å². The number of amides is 1. The maximum absolute atomic E-state index is 13.0. The molecule has 1 fully saturated rings. The van der Waals surface area contributed by atoms with Gasteiger partial charge in [0.25, 0.3) is 0 Å². The molecule has 8 nitrogen and oxygen atoms in total. The molecule has 3 heterocycles. The largest absolute Gasteiger partial charge is 0.340 e. The van der Waals surface area contributed by atoms with Crippen molar-refractivity contribution in [2.45, 2.75) is 47.2 Å². The van der Waals surface area contributed by atoms with Crippen LogP contribution in [-0.4, -0.2) is 61.8 Å². The smallest absolute Gasteiger partial charge is 0.241 e. The lowest BCUT2D eigenvalue weighted by atomic mass is 10.1. The molecule has 0 radical (unpaired) electrons. The molecule has 4 rings (SSSR count). The number of piperazine rings is 1. The van der Waals surface area contributed by atoms with E-state index in [0.29, 0.717) is 48.7 Å². The fraction of sp³-hybridized carbons (Fsp3) is 0.500. The minimum absolute atomic E-state index is 0.160. The monoisotopic (exact) mass is 470 g/mol. The van der Waals surface area contributed by atoms with Gasteiger partial charge in [-0.05, 0) is 44.0 Å². The molecule has 3 aromatic rings. The second kappa shape index (κ2) is 10.1. The minimum atomic E-state index is 0.160. The van der Waals surface area contributed by atoms with Gasteiger partial charge in [-0.25, -0.2) is 0 Å². The van der Waals surface area contributed by atoms with Crippen LogP contribution in [0.5, 0.6) is 0 Å². The Morgan fingerprint density at radius 3 is 2.48 bits per heavy atom. The highest BCUT2D eigenvalue weighted by Crippen LogP contribution is 2.20. The Morgan fingerprint density at radius 1 is 1.12 bits per heavy atom. The van der Waals surface area contributed by atoms with Gasteiger partial charge in [-0.3, -0.25) is 14.4 Å². The molecule has 1 amide bonds. The van der Waals surface area contributed by atoms with Crippen molar-refractivity contribution < 1.29 is 9.32 Å². The Bertz CT molecular complexity index is 1100. The molecule has 0 N–H and O–H groups in total. The number of carbonyl (C=O) groups excluding carboxylic acids is 1. The summed E-state index contributed by atoms with van der Waals surface area (Å²) in [5.74, 6) is 1.80. The summed E-state index contributed by atoms with van der Waals surface area (Å²) in [4.78, 5) is 21.7. The molecule has 2 aromatic heterocycles. The van der Waals surface area contributed by atoms with Crippen LogP contribution in [-0.2, 0) is 24.3 Å². The third kappa shape index (κ3) is 5.62. The lowest BCUT2D eigenvalue weighted by Crippen LogP contribution is -2.48. The van der Waals surface area contributed by atoms with E-state index in [1.807, 2.05) is 40.8 Å². The average molecular weight is 471 g/mol. The Hall–Kier alpha value is -2.71. The maximum atomic E-state index is 13.0. The zero-order valence-corrected chi connectivity index (χ0v) is 20.5. The van der Waals surface area contributed by atoms with Gasteiger partial charge in [0.1, 0.15) is 0 Å². The van der Waals surface area contributed by atoms with Gasteiger partial charge >= 0.3 is 0 Å². The fourth-order valence-electron chi connectivity index (χ4n) is 4.16. The molecule has 0 saturated carbocycles. The van der Waals surface area contributed by atoms with E-state index >= 15 is 0 Å². The van der Waals surface area contributed by atoms with Gasteiger partial charge in [0.15, 0.2) is 0 Å². The van der Waals surface area contributed by atoms with Crippen molar-refractivity contribution in [3.63, 3.8) is 0 Å². The van der Waals surface area contributed by atoms with Crippen molar-refractivity contribution in [1.29, 1.82) is 0 Å². The highest BCUT2D eigenvalue weighted by molar-refractivity contribution is 6.30. The van der Waals surface area contributed by atoms with Gasteiger partial charge in [-0.15, -0.1) is 0 Å². The summed E-state index contributed by atoms with van der Waals surface area (Å²) in [6, 6.07) is 7.36. The number of hydrogen-bond donors (Lipinski definition) is 0. The molecule has 0 bridgehead atoms. The van der Waals surface area contributed by atoms with Crippen molar-refractivity contribution >= 4 is 17.5 Å². The number of benzene rings is 1. The summed E-state index contributed by atoms with van der Waals surface area (Å²) in [5, 5.41) is 9.39. The number of halogens is 1. The van der Waals surface area contributed by atoms with Gasteiger partial charge in [0, 0.05) is 54.6 Å². The number of nitrogens with zero attached hydrogens (tertiary/aromatic N) is 6.